The third kappa shape index (κ3) is 5.22. The number of nitrogens with zero attached hydrogens (tertiary/aromatic N) is 2. The Bertz CT molecular complexity index is 827. The monoisotopic (exact) mass is 428 g/mol. The van der Waals surface area contributed by atoms with Gasteiger partial charge in [0.05, 0.1) is 25.3 Å². The summed E-state index contributed by atoms with van der Waals surface area (Å²) in [5.74, 6) is 2.85. The van der Waals surface area contributed by atoms with Gasteiger partial charge >= 0.3 is 0 Å². The number of nitrogens with one attached hydrogen (secondary N) is 2. The van der Waals surface area contributed by atoms with E-state index in [-0.39, 0.29) is 12.5 Å². The smallest absolute Gasteiger partial charge is 0.253 e. The van der Waals surface area contributed by atoms with Crippen LogP contribution in [0.15, 0.2) is 41.0 Å². The second-order valence-electron chi connectivity index (χ2n) is 6.04. The van der Waals surface area contributed by atoms with Gasteiger partial charge in [0.15, 0.2) is 0 Å². The number of morpholine rings is 1. The number of aromatic nitrogens is 1. The predicted octanol–water partition coefficient (Wildman–Crippen LogP) is 2.66. The van der Waals surface area contributed by atoms with Crippen molar-refractivity contribution in [2.24, 2.45) is 0 Å². The van der Waals surface area contributed by atoms with Crippen molar-refractivity contribution >= 4 is 33.3 Å². The molecule has 1 fully saturated rings. The number of anilines is 2. The van der Waals surface area contributed by atoms with Crippen LogP contribution in [0.25, 0.3) is 0 Å². The topological polar surface area (TPSA) is 66.5 Å². The van der Waals surface area contributed by atoms with Crippen LogP contribution in [0, 0.1) is 12.3 Å². The Hall–Kier alpha value is -2.56. The molecule has 0 radical (unpaired) electrons. The molecule has 1 aliphatic heterocycles. The van der Waals surface area contributed by atoms with Gasteiger partial charge in [-0.1, -0.05) is 27.9 Å². The standard InChI is InChI=1S/C20H21BrN4O2/c1-2-7-22-20(26)16-4-6-19(24-14-16)23-13-15-3-5-17(21)12-18(15)25-8-10-27-11-9-25/h1,3-6,12,14H,7-11,13H2,(H,22,26)(H,23,24). The van der Waals surface area contributed by atoms with Crippen molar-refractivity contribution in [1.29, 1.82) is 0 Å². The van der Waals surface area contributed by atoms with Crippen molar-refractivity contribution in [3.05, 3.63) is 52.1 Å². The summed E-state index contributed by atoms with van der Waals surface area (Å²) in [7, 11) is 0. The molecule has 0 saturated carbocycles. The van der Waals surface area contributed by atoms with Gasteiger partial charge < -0.3 is 20.3 Å². The third-order valence-corrected chi connectivity index (χ3v) is 4.73. The van der Waals surface area contributed by atoms with Gasteiger partial charge in [0.25, 0.3) is 5.91 Å². The van der Waals surface area contributed by atoms with Gasteiger partial charge in [-0.2, -0.15) is 0 Å². The molecule has 7 heteroatoms. The lowest BCUT2D eigenvalue weighted by Crippen LogP contribution is -2.36. The molecule has 1 saturated heterocycles. The van der Waals surface area contributed by atoms with Crippen LogP contribution in [0.2, 0.25) is 0 Å². The van der Waals surface area contributed by atoms with E-state index < -0.39 is 0 Å². The van der Waals surface area contributed by atoms with Crippen LogP contribution < -0.4 is 15.5 Å². The zero-order valence-electron chi connectivity index (χ0n) is 14.9. The number of carbonyl (C=O) groups excluding carboxylic acids is 1. The summed E-state index contributed by atoms with van der Waals surface area (Å²) in [6.07, 6.45) is 6.69. The summed E-state index contributed by atoms with van der Waals surface area (Å²) in [5, 5.41) is 5.94. The Morgan fingerprint density at radius 2 is 2.11 bits per heavy atom. The summed E-state index contributed by atoms with van der Waals surface area (Å²) >= 11 is 3.56. The number of benzene rings is 1. The van der Waals surface area contributed by atoms with Crippen molar-refractivity contribution in [3.8, 4) is 12.3 Å². The lowest BCUT2D eigenvalue weighted by molar-refractivity contribution is 0.0958. The highest BCUT2D eigenvalue weighted by molar-refractivity contribution is 9.10. The van der Waals surface area contributed by atoms with Crippen molar-refractivity contribution in [2.45, 2.75) is 6.54 Å². The molecule has 1 aromatic carbocycles. The first-order valence-corrected chi connectivity index (χ1v) is 9.49. The van der Waals surface area contributed by atoms with E-state index in [1.165, 1.54) is 11.3 Å². The molecule has 3 rings (SSSR count). The van der Waals surface area contributed by atoms with Gasteiger partial charge in [-0.3, -0.25) is 4.79 Å². The molecule has 0 atom stereocenters. The van der Waals surface area contributed by atoms with E-state index >= 15 is 0 Å². The summed E-state index contributed by atoms with van der Waals surface area (Å²) in [4.78, 5) is 18.5. The van der Waals surface area contributed by atoms with Crippen LogP contribution in [0.3, 0.4) is 0 Å². The van der Waals surface area contributed by atoms with Crippen molar-refractivity contribution < 1.29 is 9.53 Å². The van der Waals surface area contributed by atoms with E-state index in [2.05, 4.69) is 54.5 Å². The van der Waals surface area contributed by atoms with E-state index in [0.717, 1.165) is 30.8 Å². The molecule has 1 aliphatic rings. The van der Waals surface area contributed by atoms with E-state index in [1.807, 2.05) is 6.07 Å². The number of terminal acetylenes is 1. The number of amides is 1. The molecule has 140 valence electrons. The summed E-state index contributed by atoms with van der Waals surface area (Å²) in [6.45, 7) is 4.07. The fourth-order valence-corrected chi connectivity index (χ4v) is 3.19. The Morgan fingerprint density at radius 1 is 1.30 bits per heavy atom. The average molecular weight is 429 g/mol. The number of halogens is 1. The second-order valence-corrected chi connectivity index (χ2v) is 6.96. The predicted molar refractivity (Wildman–Crippen MR) is 110 cm³/mol. The van der Waals surface area contributed by atoms with Crippen LogP contribution in [0.5, 0.6) is 0 Å². The Balaban J connectivity index is 1.66. The van der Waals surface area contributed by atoms with Crippen molar-refractivity contribution in [2.75, 3.05) is 43.1 Å². The second kappa shape index (κ2) is 9.40. The maximum absolute atomic E-state index is 11.9. The molecule has 1 aromatic heterocycles. The van der Waals surface area contributed by atoms with Crippen molar-refractivity contribution in [3.63, 3.8) is 0 Å². The molecule has 6 nitrogen and oxygen atoms in total. The van der Waals surface area contributed by atoms with E-state index in [9.17, 15) is 4.79 Å². The van der Waals surface area contributed by atoms with E-state index in [1.54, 1.807) is 18.3 Å². The number of hydrogen-bond acceptors (Lipinski definition) is 5. The highest BCUT2D eigenvalue weighted by atomic mass is 79.9. The summed E-state index contributed by atoms with van der Waals surface area (Å²) in [6, 6.07) is 9.79. The third-order valence-electron chi connectivity index (χ3n) is 4.24. The molecule has 0 aliphatic carbocycles. The lowest BCUT2D eigenvalue weighted by atomic mass is 10.1. The van der Waals surface area contributed by atoms with Crippen LogP contribution in [0.1, 0.15) is 15.9 Å². The maximum Gasteiger partial charge on any atom is 0.253 e. The summed E-state index contributed by atoms with van der Waals surface area (Å²) in [5.41, 5.74) is 2.84. The summed E-state index contributed by atoms with van der Waals surface area (Å²) < 4.78 is 6.50. The average Bonchev–Trinajstić information content (AvgIpc) is 2.72. The first kappa shape index (κ1) is 19.2. The number of ether oxygens (including phenoxy) is 1. The number of carbonyl (C=O) groups is 1. The van der Waals surface area contributed by atoms with Crippen molar-refractivity contribution in [1.82, 2.24) is 10.3 Å². The quantitative estimate of drug-likeness (QED) is 0.692. The van der Waals surface area contributed by atoms with Gasteiger partial charge in [0.1, 0.15) is 5.82 Å². The first-order valence-electron chi connectivity index (χ1n) is 8.70. The molecular formula is C20H21BrN4O2. The van der Waals surface area contributed by atoms with Crippen LogP contribution >= 0.6 is 15.9 Å². The molecule has 27 heavy (non-hydrogen) atoms. The fourth-order valence-electron chi connectivity index (χ4n) is 2.84. The molecule has 2 heterocycles. The maximum atomic E-state index is 11.9. The molecule has 1 amide bonds. The van der Waals surface area contributed by atoms with E-state index in [0.29, 0.717) is 17.9 Å². The molecule has 2 N–H and O–H groups in total. The molecule has 0 bridgehead atoms. The SMILES string of the molecule is C#CCNC(=O)c1ccc(NCc2ccc(Br)cc2N2CCOCC2)nc1. The number of pyridine rings is 1. The van der Waals surface area contributed by atoms with Gasteiger partial charge in [-0.15, -0.1) is 6.42 Å². The Labute approximate surface area is 167 Å². The van der Waals surface area contributed by atoms with Gasteiger partial charge in [0, 0.05) is 36.0 Å². The minimum atomic E-state index is -0.227. The van der Waals surface area contributed by atoms with Crippen LogP contribution in [0.4, 0.5) is 11.5 Å². The number of hydrogen-bond donors (Lipinski definition) is 2. The normalized spacial score (nSPS) is 13.7. The molecule has 0 spiro atoms. The molecular weight excluding hydrogens is 408 g/mol. The molecule has 2 aromatic rings. The largest absolute Gasteiger partial charge is 0.378 e. The fraction of sp³-hybridized carbons (Fsp3) is 0.300. The Kier molecular flexibility index (Phi) is 6.69. The number of rotatable bonds is 6. The van der Waals surface area contributed by atoms with Crippen LogP contribution in [-0.4, -0.2) is 43.7 Å². The zero-order chi connectivity index (χ0) is 19.1. The minimum Gasteiger partial charge on any atom is -0.378 e. The van der Waals surface area contributed by atoms with Gasteiger partial charge in [-0.05, 0) is 29.8 Å². The lowest BCUT2D eigenvalue weighted by Gasteiger charge is -2.31. The minimum absolute atomic E-state index is 0.201. The van der Waals surface area contributed by atoms with Gasteiger partial charge in [-0.25, -0.2) is 4.98 Å². The first-order chi connectivity index (χ1) is 13.2. The highest BCUT2D eigenvalue weighted by Gasteiger charge is 2.15. The molecule has 0 unspecified atom stereocenters. The van der Waals surface area contributed by atoms with Gasteiger partial charge in [0.2, 0.25) is 0 Å². The van der Waals surface area contributed by atoms with E-state index in [4.69, 9.17) is 11.2 Å². The highest BCUT2D eigenvalue weighted by Crippen LogP contribution is 2.26. The van der Waals surface area contributed by atoms with Crippen LogP contribution in [-0.2, 0) is 11.3 Å². The Morgan fingerprint density at radius 3 is 2.81 bits per heavy atom. The zero-order valence-corrected chi connectivity index (χ0v) is 16.5.